The maximum Gasteiger partial charge on any atom is 0.352 e. The fraction of sp³-hybridized carbons (Fsp3) is 0.519. The molecule has 0 aliphatic carbocycles. The highest BCUT2D eigenvalue weighted by atomic mass is 32.2. The van der Waals surface area contributed by atoms with Gasteiger partial charge in [0.15, 0.2) is 0 Å². The van der Waals surface area contributed by atoms with Gasteiger partial charge in [0.05, 0.1) is 4.90 Å². The molecule has 2 amide bonds. The number of unbranched alkanes of at least 4 members (excludes halogenated alkanes) is 3. The van der Waals surface area contributed by atoms with Gasteiger partial charge in [-0.1, -0.05) is 59.1 Å². The highest BCUT2D eigenvalue weighted by Crippen LogP contribution is 2.23. The van der Waals surface area contributed by atoms with Gasteiger partial charge in [-0.3, -0.25) is 9.59 Å². The molecular weight excluding hydrogens is 494 g/mol. The van der Waals surface area contributed by atoms with Gasteiger partial charge in [-0.2, -0.15) is 0 Å². The number of hydrogen-bond acceptors (Lipinski definition) is 6. The van der Waals surface area contributed by atoms with E-state index in [-0.39, 0.29) is 34.0 Å². The quantitative estimate of drug-likeness (QED) is 0.331. The average molecular weight is 534 g/mol. The number of carboxylic acids is 1. The largest absolute Gasteiger partial charge is 0.477 e. The Hall–Kier alpha value is -3.14. The molecule has 0 saturated carbocycles. The van der Waals surface area contributed by atoms with Crippen LogP contribution in [0.3, 0.4) is 0 Å². The fourth-order valence-electron chi connectivity index (χ4n) is 3.92. The minimum absolute atomic E-state index is 0.0139. The van der Waals surface area contributed by atoms with E-state index < -0.39 is 21.9 Å². The third-order valence-electron chi connectivity index (χ3n) is 5.77. The summed E-state index contributed by atoms with van der Waals surface area (Å²) in [4.78, 5) is 37.7. The van der Waals surface area contributed by atoms with E-state index in [1.807, 2.05) is 20.8 Å². The third kappa shape index (κ3) is 10.0. The van der Waals surface area contributed by atoms with E-state index in [1.165, 1.54) is 24.3 Å². The van der Waals surface area contributed by atoms with Gasteiger partial charge in [0, 0.05) is 31.6 Å². The van der Waals surface area contributed by atoms with Crippen molar-refractivity contribution < 1.29 is 27.9 Å². The van der Waals surface area contributed by atoms with Gasteiger partial charge in [0.2, 0.25) is 5.91 Å². The highest BCUT2D eigenvalue weighted by molar-refractivity contribution is 7.90. The number of sulfonamides is 1. The number of benzene rings is 1. The summed E-state index contributed by atoms with van der Waals surface area (Å²) in [6, 6.07) is 6.14. The van der Waals surface area contributed by atoms with Crippen molar-refractivity contribution in [2.75, 3.05) is 19.6 Å². The van der Waals surface area contributed by atoms with Gasteiger partial charge in [-0.25, -0.2) is 17.9 Å². The van der Waals surface area contributed by atoms with E-state index in [0.29, 0.717) is 25.9 Å². The molecule has 3 N–H and O–H groups in total. The predicted octanol–water partition coefficient (Wildman–Crippen LogP) is 3.38. The van der Waals surface area contributed by atoms with E-state index >= 15 is 0 Å². The zero-order valence-corrected chi connectivity index (χ0v) is 23.0. The summed E-state index contributed by atoms with van der Waals surface area (Å²) in [5.74, 6) is -1.90. The highest BCUT2D eigenvalue weighted by Gasteiger charge is 2.29. The number of carbonyl (C=O) groups excluding carboxylic acids is 2. The standard InChI is InChI=1S/C27H39N3O6S/c1-5-6-7-8-9-24(31)28-17-16-20-10-13-22(14-11-20)37(35,36)29-25(32)21-12-15-23(26(33)34)30(18-21)19-27(2,3)4/h10-15H,5-9,16-19H2,1-4H3,(H,28,31)(H,29,32)(H,33,34). The van der Waals surface area contributed by atoms with Crippen LogP contribution in [0.4, 0.5) is 0 Å². The Labute approximate surface area is 220 Å². The number of amides is 2. The summed E-state index contributed by atoms with van der Waals surface area (Å²) < 4.78 is 27.7. The van der Waals surface area contributed by atoms with Crippen molar-refractivity contribution in [3.05, 3.63) is 53.3 Å². The van der Waals surface area contributed by atoms with E-state index in [9.17, 15) is 27.9 Å². The number of allylic oxidation sites excluding steroid dienone is 2. The first-order valence-corrected chi connectivity index (χ1v) is 14.1. The molecule has 0 bridgehead atoms. The van der Waals surface area contributed by atoms with Crippen molar-refractivity contribution in [2.24, 2.45) is 5.41 Å². The molecule has 9 nitrogen and oxygen atoms in total. The van der Waals surface area contributed by atoms with Crippen molar-refractivity contribution in [3.8, 4) is 0 Å². The van der Waals surface area contributed by atoms with Gasteiger partial charge >= 0.3 is 5.97 Å². The van der Waals surface area contributed by atoms with Crippen molar-refractivity contribution in [1.29, 1.82) is 0 Å². The Bertz CT molecular complexity index is 1130. The second-order valence-electron chi connectivity index (χ2n) is 10.5. The number of carbonyl (C=O) groups is 3. The van der Waals surface area contributed by atoms with Crippen LogP contribution in [0.2, 0.25) is 0 Å². The molecule has 2 rings (SSSR count). The molecule has 1 aromatic rings. The lowest BCUT2D eigenvalue weighted by molar-refractivity contribution is -0.134. The van der Waals surface area contributed by atoms with Crippen molar-refractivity contribution >= 4 is 27.8 Å². The molecule has 0 radical (unpaired) electrons. The Morgan fingerprint density at radius 3 is 2.30 bits per heavy atom. The number of hydrogen-bond donors (Lipinski definition) is 3. The summed E-state index contributed by atoms with van der Waals surface area (Å²) in [6.45, 7) is 8.78. The zero-order valence-electron chi connectivity index (χ0n) is 22.2. The van der Waals surface area contributed by atoms with Crippen LogP contribution in [0.5, 0.6) is 0 Å². The number of carboxylic acid groups (broad SMARTS) is 1. The smallest absolute Gasteiger partial charge is 0.352 e. The topological polar surface area (TPSA) is 133 Å². The van der Waals surface area contributed by atoms with Crippen LogP contribution in [0.1, 0.15) is 65.4 Å². The first-order chi connectivity index (χ1) is 17.3. The molecule has 1 aliphatic rings. The van der Waals surface area contributed by atoms with E-state index in [1.54, 1.807) is 17.0 Å². The van der Waals surface area contributed by atoms with Crippen LogP contribution in [-0.2, 0) is 30.8 Å². The molecule has 0 spiro atoms. The van der Waals surface area contributed by atoms with E-state index in [4.69, 9.17) is 0 Å². The van der Waals surface area contributed by atoms with Crippen LogP contribution in [0.25, 0.3) is 0 Å². The normalized spacial score (nSPS) is 14.0. The van der Waals surface area contributed by atoms with Crippen molar-refractivity contribution in [2.45, 2.75) is 71.1 Å². The second-order valence-corrected chi connectivity index (χ2v) is 12.1. The number of aliphatic carboxylic acids is 1. The molecule has 1 aromatic carbocycles. The number of nitrogens with one attached hydrogen (secondary N) is 2. The first-order valence-electron chi connectivity index (χ1n) is 12.6. The molecule has 0 aromatic heterocycles. The summed E-state index contributed by atoms with van der Waals surface area (Å²) in [5, 5.41) is 12.3. The van der Waals surface area contributed by atoms with Crippen LogP contribution in [-0.4, -0.2) is 55.8 Å². The summed E-state index contributed by atoms with van der Waals surface area (Å²) in [6.07, 6.45) is 7.89. The predicted molar refractivity (Wildman–Crippen MR) is 142 cm³/mol. The molecule has 0 fully saturated rings. The number of rotatable bonds is 13. The Morgan fingerprint density at radius 2 is 1.70 bits per heavy atom. The minimum atomic E-state index is -4.12. The van der Waals surface area contributed by atoms with Crippen LogP contribution in [0.15, 0.2) is 52.6 Å². The Morgan fingerprint density at radius 1 is 1.03 bits per heavy atom. The van der Waals surface area contributed by atoms with Gasteiger partial charge in [0.1, 0.15) is 5.70 Å². The van der Waals surface area contributed by atoms with Gasteiger partial charge in [-0.05, 0) is 48.1 Å². The fourth-order valence-corrected chi connectivity index (χ4v) is 4.91. The van der Waals surface area contributed by atoms with E-state index in [0.717, 1.165) is 31.2 Å². The molecule has 1 aliphatic heterocycles. The minimum Gasteiger partial charge on any atom is -0.477 e. The molecular formula is C27H39N3O6S. The summed E-state index contributed by atoms with van der Waals surface area (Å²) in [7, 11) is -4.12. The Kier molecular flexibility index (Phi) is 10.9. The SMILES string of the molecule is CCCCCCC(=O)NCCc1ccc(S(=O)(=O)NC(=O)C2=CC=C(C(=O)O)N(CC(C)(C)C)C2)cc1. The lowest BCUT2D eigenvalue weighted by atomic mass is 9.94. The summed E-state index contributed by atoms with van der Waals surface area (Å²) >= 11 is 0. The number of nitrogens with zero attached hydrogens (tertiary/aromatic N) is 1. The van der Waals surface area contributed by atoms with Crippen LogP contribution in [0, 0.1) is 5.41 Å². The molecule has 10 heteroatoms. The molecule has 204 valence electrons. The van der Waals surface area contributed by atoms with Crippen LogP contribution < -0.4 is 10.0 Å². The molecule has 1 heterocycles. The van der Waals surface area contributed by atoms with Gasteiger partial charge < -0.3 is 15.3 Å². The summed E-state index contributed by atoms with van der Waals surface area (Å²) in [5.41, 5.74) is 0.826. The van der Waals surface area contributed by atoms with Crippen molar-refractivity contribution in [3.63, 3.8) is 0 Å². The lowest BCUT2D eigenvalue weighted by Gasteiger charge is -2.34. The molecule has 0 atom stereocenters. The lowest BCUT2D eigenvalue weighted by Crippen LogP contribution is -2.41. The van der Waals surface area contributed by atoms with E-state index in [2.05, 4.69) is 17.0 Å². The van der Waals surface area contributed by atoms with Crippen LogP contribution >= 0.6 is 0 Å². The van der Waals surface area contributed by atoms with Crippen molar-refractivity contribution in [1.82, 2.24) is 14.9 Å². The maximum atomic E-state index is 12.8. The maximum absolute atomic E-state index is 12.8. The second kappa shape index (κ2) is 13.4. The monoisotopic (exact) mass is 533 g/mol. The molecule has 37 heavy (non-hydrogen) atoms. The molecule has 0 unspecified atom stereocenters. The third-order valence-corrected chi connectivity index (χ3v) is 7.12. The van der Waals surface area contributed by atoms with Gasteiger partial charge in [-0.15, -0.1) is 0 Å². The zero-order chi connectivity index (χ0) is 27.6. The van der Waals surface area contributed by atoms with Gasteiger partial charge in [0.25, 0.3) is 15.9 Å². The average Bonchev–Trinajstić information content (AvgIpc) is 2.80. The molecule has 0 saturated heterocycles. The Balaban J connectivity index is 1.96. The first kappa shape index (κ1) is 30.1.